The normalized spacial score (nSPS) is 24.5. The molecule has 118 valence electrons. The number of hydrogen-bond acceptors (Lipinski definition) is 5. The molecule has 1 saturated carbocycles. The minimum Gasteiger partial charge on any atom is -0.300 e. The summed E-state index contributed by atoms with van der Waals surface area (Å²) in [6.07, 6.45) is 3.49. The molecule has 1 aromatic rings. The van der Waals surface area contributed by atoms with Crippen molar-refractivity contribution < 1.29 is 14.4 Å². The standard InChI is InChI=1S/C15H19N3O3S/c1-8-9(2)22-15(16-8)17-12(19)7-18-13(20)10-5-3-4-6-11(10)14(18)21/h10-11H,3-7H2,1-2H3,(H,16,17,19). The maximum absolute atomic E-state index is 12.3. The van der Waals surface area contributed by atoms with Gasteiger partial charge in [-0.15, -0.1) is 11.3 Å². The summed E-state index contributed by atoms with van der Waals surface area (Å²) in [5, 5.41) is 3.19. The molecule has 3 rings (SSSR count). The number of nitrogens with one attached hydrogen (secondary N) is 1. The molecule has 1 N–H and O–H groups in total. The highest BCUT2D eigenvalue weighted by atomic mass is 32.1. The third kappa shape index (κ3) is 2.65. The monoisotopic (exact) mass is 321 g/mol. The molecule has 1 aliphatic carbocycles. The Morgan fingerprint density at radius 2 is 1.82 bits per heavy atom. The molecular formula is C15H19N3O3S. The lowest BCUT2D eigenvalue weighted by Gasteiger charge is -2.19. The topological polar surface area (TPSA) is 79.4 Å². The Morgan fingerprint density at radius 1 is 1.23 bits per heavy atom. The number of carbonyl (C=O) groups excluding carboxylic acids is 3. The molecule has 6 nitrogen and oxygen atoms in total. The lowest BCUT2D eigenvalue weighted by Crippen LogP contribution is -2.38. The molecule has 0 bridgehead atoms. The second-order valence-corrected chi connectivity index (χ2v) is 7.17. The Bertz CT molecular complexity index is 596. The fourth-order valence-electron chi connectivity index (χ4n) is 3.22. The highest BCUT2D eigenvalue weighted by molar-refractivity contribution is 7.15. The van der Waals surface area contributed by atoms with Crippen LogP contribution < -0.4 is 5.32 Å². The molecule has 1 aromatic heterocycles. The Morgan fingerprint density at radius 3 is 2.32 bits per heavy atom. The maximum atomic E-state index is 12.3. The van der Waals surface area contributed by atoms with Crippen molar-refractivity contribution in [2.24, 2.45) is 11.8 Å². The van der Waals surface area contributed by atoms with E-state index in [4.69, 9.17) is 0 Å². The van der Waals surface area contributed by atoms with Crippen LogP contribution in [-0.4, -0.2) is 34.2 Å². The van der Waals surface area contributed by atoms with Crippen molar-refractivity contribution in [2.75, 3.05) is 11.9 Å². The number of thiazole rings is 1. The number of carbonyl (C=O) groups is 3. The van der Waals surface area contributed by atoms with Gasteiger partial charge in [-0.3, -0.25) is 19.3 Å². The highest BCUT2D eigenvalue weighted by Gasteiger charge is 2.48. The van der Waals surface area contributed by atoms with E-state index in [-0.39, 0.29) is 36.1 Å². The van der Waals surface area contributed by atoms with Crippen molar-refractivity contribution in [3.63, 3.8) is 0 Å². The summed E-state index contributed by atoms with van der Waals surface area (Å²) in [6, 6.07) is 0. The molecule has 0 radical (unpaired) electrons. The lowest BCUT2D eigenvalue weighted by atomic mass is 9.81. The van der Waals surface area contributed by atoms with Crippen molar-refractivity contribution >= 4 is 34.2 Å². The number of anilines is 1. The second kappa shape index (κ2) is 5.79. The first kappa shape index (κ1) is 15.1. The van der Waals surface area contributed by atoms with Crippen LogP contribution in [0.15, 0.2) is 0 Å². The van der Waals surface area contributed by atoms with Crippen molar-refractivity contribution in [2.45, 2.75) is 39.5 Å². The summed E-state index contributed by atoms with van der Waals surface area (Å²) in [4.78, 5) is 43.1. The number of likely N-dealkylation sites (tertiary alicyclic amines) is 1. The molecule has 0 spiro atoms. The number of imide groups is 1. The van der Waals surface area contributed by atoms with Crippen LogP contribution in [-0.2, 0) is 14.4 Å². The predicted octanol–water partition coefficient (Wildman–Crippen LogP) is 1.87. The number of aryl methyl sites for hydroxylation is 2. The molecular weight excluding hydrogens is 302 g/mol. The van der Waals surface area contributed by atoms with Crippen LogP contribution in [0.1, 0.15) is 36.3 Å². The van der Waals surface area contributed by atoms with E-state index in [0.29, 0.717) is 5.13 Å². The zero-order chi connectivity index (χ0) is 15.9. The minimum atomic E-state index is -0.367. The Kier molecular flexibility index (Phi) is 3.99. The number of fused-ring (bicyclic) bond motifs is 1. The van der Waals surface area contributed by atoms with E-state index in [1.54, 1.807) is 0 Å². The lowest BCUT2D eigenvalue weighted by molar-refractivity contribution is -0.142. The van der Waals surface area contributed by atoms with Gasteiger partial charge in [-0.05, 0) is 26.7 Å². The van der Waals surface area contributed by atoms with Crippen molar-refractivity contribution in [3.05, 3.63) is 10.6 Å². The van der Waals surface area contributed by atoms with Crippen molar-refractivity contribution in [3.8, 4) is 0 Å². The molecule has 2 aliphatic rings. The van der Waals surface area contributed by atoms with E-state index in [1.165, 1.54) is 11.3 Å². The molecule has 1 aliphatic heterocycles. The number of amides is 3. The average molecular weight is 321 g/mol. The maximum Gasteiger partial charge on any atom is 0.246 e. The van der Waals surface area contributed by atoms with Gasteiger partial charge in [0.05, 0.1) is 17.5 Å². The first-order valence-corrected chi connectivity index (χ1v) is 8.38. The van der Waals surface area contributed by atoms with Crippen LogP contribution >= 0.6 is 11.3 Å². The summed E-state index contributed by atoms with van der Waals surface area (Å²) < 4.78 is 0. The van der Waals surface area contributed by atoms with Gasteiger partial charge in [0, 0.05) is 4.88 Å². The fraction of sp³-hybridized carbons (Fsp3) is 0.600. The summed E-state index contributed by atoms with van der Waals surface area (Å²) in [5.74, 6) is -1.15. The second-order valence-electron chi connectivity index (χ2n) is 5.97. The van der Waals surface area contributed by atoms with Gasteiger partial charge in [-0.25, -0.2) is 4.98 Å². The highest BCUT2D eigenvalue weighted by Crippen LogP contribution is 2.37. The van der Waals surface area contributed by atoms with Crippen LogP contribution in [0.4, 0.5) is 5.13 Å². The SMILES string of the molecule is Cc1nc(NC(=O)CN2C(=O)C3CCCCC3C2=O)sc1C. The third-order valence-corrected chi connectivity index (χ3v) is 5.50. The summed E-state index contributed by atoms with van der Waals surface area (Å²) in [5.41, 5.74) is 0.875. The van der Waals surface area contributed by atoms with Gasteiger partial charge in [-0.1, -0.05) is 12.8 Å². The van der Waals surface area contributed by atoms with E-state index in [0.717, 1.165) is 41.2 Å². The van der Waals surface area contributed by atoms with Crippen LogP contribution in [0.3, 0.4) is 0 Å². The van der Waals surface area contributed by atoms with Gasteiger partial charge in [0.25, 0.3) is 0 Å². The van der Waals surface area contributed by atoms with Crippen molar-refractivity contribution in [1.29, 1.82) is 0 Å². The van der Waals surface area contributed by atoms with E-state index >= 15 is 0 Å². The quantitative estimate of drug-likeness (QED) is 0.862. The van der Waals surface area contributed by atoms with Gasteiger partial charge < -0.3 is 5.32 Å². The smallest absolute Gasteiger partial charge is 0.246 e. The van der Waals surface area contributed by atoms with Crippen LogP contribution in [0.5, 0.6) is 0 Å². The number of rotatable bonds is 3. The van der Waals surface area contributed by atoms with E-state index in [1.807, 2.05) is 13.8 Å². The zero-order valence-corrected chi connectivity index (χ0v) is 13.5. The molecule has 2 heterocycles. The molecule has 2 atom stereocenters. The average Bonchev–Trinajstić information content (AvgIpc) is 2.92. The predicted molar refractivity (Wildman–Crippen MR) is 82.4 cm³/mol. The van der Waals surface area contributed by atoms with E-state index < -0.39 is 0 Å². The molecule has 7 heteroatoms. The van der Waals surface area contributed by atoms with Gasteiger partial charge >= 0.3 is 0 Å². The fourth-order valence-corrected chi connectivity index (χ4v) is 4.05. The molecule has 0 aromatic carbocycles. The van der Waals surface area contributed by atoms with Gasteiger partial charge in [-0.2, -0.15) is 0 Å². The Balaban J connectivity index is 1.66. The summed E-state index contributed by atoms with van der Waals surface area (Å²) in [7, 11) is 0. The first-order chi connectivity index (χ1) is 10.5. The molecule has 3 amide bonds. The van der Waals surface area contributed by atoms with Crippen LogP contribution in [0.2, 0.25) is 0 Å². The summed E-state index contributed by atoms with van der Waals surface area (Å²) >= 11 is 1.39. The van der Waals surface area contributed by atoms with Gasteiger partial charge in [0.2, 0.25) is 17.7 Å². The molecule has 22 heavy (non-hydrogen) atoms. The zero-order valence-electron chi connectivity index (χ0n) is 12.7. The molecule has 2 fully saturated rings. The number of hydrogen-bond donors (Lipinski definition) is 1. The minimum absolute atomic E-state index is 0.184. The number of nitrogens with zero attached hydrogens (tertiary/aromatic N) is 2. The Hall–Kier alpha value is -1.76. The third-order valence-electron chi connectivity index (χ3n) is 4.51. The first-order valence-electron chi connectivity index (χ1n) is 7.56. The summed E-state index contributed by atoms with van der Waals surface area (Å²) in [6.45, 7) is 3.60. The largest absolute Gasteiger partial charge is 0.300 e. The Labute approximate surface area is 132 Å². The van der Waals surface area contributed by atoms with Gasteiger partial charge in [0.1, 0.15) is 6.54 Å². The van der Waals surface area contributed by atoms with Crippen LogP contribution in [0, 0.1) is 25.7 Å². The van der Waals surface area contributed by atoms with Crippen LogP contribution in [0.25, 0.3) is 0 Å². The number of aromatic nitrogens is 1. The van der Waals surface area contributed by atoms with Crippen molar-refractivity contribution in [1.82, 2.24) is 9.88 Å². The van der Waals surface area contributed by atoms with E-state index in [2.05, 4.69) is 10.3 Å². The van der Waals surface area contributed by atoms with E-state index in [9.17, 15) is 14.4 Å². The molecule has 1 saturated heterocycles. The van der Waals surface area contributed by atoms with Gasteiger partial charge in [0.15, 0.2) is 5.13 Å². The molecule has 2 unspecified atom stereocenters.